The van der Waals surface area contributed by atoms with E-state index in [-0.39, 0.29) is 13.0 Å². The number of carbonyl (C=O) groups excluding carboxylic acids is 2. The molecule has 2 heterocycles. The molecular weight excluding hydrogens is 460 g/mol. The van der Waals surface area contributed by atoms with E-state index in [4.69, 9.17) is 9.47 Å². The van der Waals surface area contributed by atoms with E-state index >= 15 is 0 Å². The zero-order chi connectivity index (χ0) is 24.7. The monoisotopic (exact) mass is 488 g/mol. The van der Waals surface area contributed by atoms with E-state index in [0.717, 1.165) is 35.0 Å². The quantitative estimate of drug-likeness (QED) is 0.331. The smallest absolute Gasteiger partial charge is 0.333 e. The van der Waals surface area contributed by atoms with Crippen molar-refractivity contribution in [2.75, 3.05) is 6.61 Å². The molecule has 6 nitrogen and oxygen atoms in total. The lowest BCUT2D eigenvalue weighted by molar-refractivity contribution is -0.150. The lowest BCUT2D eigenvalue weighted by Gasteiger charge is -2.23. The van der Waals surface area contributed by atoms with Crippen LogP contribution in [-0.4, -0.2) is 28.2 Å². The van der Waals surface area contributed by atoms with Gasteiger partial charge in [0.25, 0.3) is 5.91 Å². The van der Waals surface area contributed by atoms with Crippen molar-refractivity contribution in [2.45, 2.75) is 37.5 Å². The van der Waals surface area contributed by atoms with Crippen LogP contribution in [0.4, 0.5) is 0 Å². The Morgan fingerprint density at radius 1 is 1.03 bits per heavy atom. The maximum absolute atomic E-state index is 13.1. The zero-order valence-corrected chi connectivity index (χ0v) is 20.5. The number of rotatable bonds is 10. The van der Waals surface area contributed by atoms with Crippen LogP contribution in [-0.2, 0) is 40.2 Å². The van der Waals surface area contributed by atoms with Crippen LogP contribution in [0.15, 0.2) is 84.5 Å². The van der Waals surface area contributed by atoms with Crippen LogP contribution in [0.5, 0.6) is 5.75 Å². The number of carbonyl (C=O) groups is 2. The number of aromatic nitrogens is 1. The molecule has 0 unspecified atom stereocenters. The van der Waals surface area contributed by atoms with Gasteiger partial charge in [0.05, 0.1) is 11.6 Å². The summed E-state index contributed by atoms with van der Waals surface area (Å²) in [4.78, 5) is 30.4. The van der Waals surface area contributed by atoms with Gasteiger partial charge in [-0.1, -0.05) is 73.8 Å². The van der Waals surface area contributed by atoms with Crippen molar-refractivity contribution in [3.8, 4) is 5.75 Å². The van der Waals surface area contributed by atoms with E-state index in [0.29, 0.717) is 23.8 Å². The summed E-state index contributed by atoms with van der Waals surface area (Å²) < 4.78 is 9.99. The molecule has 2 aromatic carbocycles. The second-order valence-electron chi connectivity index (χ2n) is 8.30. The van der Waals surface area contributed by atoms with E-state index in [1.165, 1.54) is 5.56 Å². The van der Waals surface area contributed by atoms with Crippen LogP contribution in [0.2, 0.25) is 0 Å². The summed E-state index contributed by atoms with van der Waals surface area (Å²) in [5.41, 5.74) is 3.88. The molecule has 1 atom stereocenters. The third kappa shape index (κ3) is 6.11. The van der Waals surface area contributed by atoms with Gasteiger partial charge in [0.1, 0.15) is 12.4 Å². The van der Waals surface area contributed by atoms with E-state index in [9.17, 15) is 9.59 Å². The highest BCUT2D eigenvalue weighted by atomic mass is 32.2. The summed E-state index contributed by atoms with van der Waals surface area (Å²) in [5.74, 6) is -0.274. The van der Waals surface area contributed by atoms with Gasteiger partial charge in [0, 0.05) is 24.7 Å². The minimum atomic E-state index is -1.41. The Labute approximate surface area is 209 Å². The highest BCUT2D eigenvalue weighted by molar-refractivity contribution is 8.06. The van der Waals surface area contributed by atoms with Gasteiger partial charge in [-0.15, -0.1) is 0 Å². The fourth-order valence-electron chi connectivity index (χ4n) is 3.75. The molecule has 0 saturated carbocycles. The highest BCUT2D eigenvalue weighted by Crippen LogP contribution is 2.40. The lowest BCUT2D eigenvalue weighted by Crippen LogP contribution is -2.46. The van der Waals surface area contributed by atoms with Gasteiger partial charge in [-0.25, -0.2) is 4.79 Å². The summed E-state index contributed by atoms with van der Waals surface area (Å²) >= 11 is 1.11. The summed E-state index contributed by atoms with van der Waals surface area (Å²) in [6, 6.07) is 20.9. The maximum atomic E-state index is 13.1. The average molecular weight is 489 g/mol. The molecule has 3 aromatic rings. The first kappa shape index (κ1) is 24.5. The van der Waals surface area contributed by atoms with Gasteiger partial charge < -0.3 is 14.8 Å². The Morgan fingerprint density at radius 3 is 2.40 bits per heavy atom. The van der Waals surface area contributed by atoms with Crippen LogP contribution < -0.4 is 10.1 Å². The molecule has 1 amide bonds. The summed E-state index contributed by atoms with van der Waals surface area (Å²) in [6.45, 7) is 6.53. The van der Waals surface area contributed by atoms with Crippen molar-refractivity contribution >= 4 is 23.6 Å². The number of amides is 1. The number of nitrogens with zero attached hydrogens (tertiary/aromatic N) is 1. The first-order chi connectivity index (χ1) is 17.0. The topological polar surface area (TPSA) is 77.5 Å². The van der Waals surface area contributed by atoms with Crippen molar-refractivity contribution < 1.29 is 19.1 Å². The molecule has 0 aliphatic carbocycles. The third-order valence-corrected chi connectivity index (χ3v) is 6.95. The molecule has 1 N–H and O–H groups in total. The second-order valence-corrected chi connectivity index (χ2v) is 9.69. The first-order valence-corrected chi connectivity index (χ1v) is 12.4. The molecule has 4 rings (SSSR count). The molecular formula is C28H28N2O4S. The van der Waals surface area contributed by atoms with Gasteiger partial charge in [0.15, 0.2) is 0 Å². The summed E-state index contributed by atoms with van der Waals surface area (Å²) in [7, 11) is 0. The Balaban J connectivity index is 1.37. The number of nitrogens with one attached hydrogen (secondary N) is 1. The largest absolute Gasteiger partial charge is 0.493 e. The Kier molecular flexibility index (Phi) is 7.87. The van der Waals surface area contributed by atoms with Gasteiger partial charge in [-0.3, -0.25) is 9.78 Å². The Hall–Kier alpha value is -3.58. The zero-order valence-electron chi connectivity index (χ0n) is 19.7. The van der Waals surface area contributed by atoms with Crippen LogP contribution in [0, 0.1) is 0 Å². The molecule has 35 heavy (non-hydrogen) atoms. The minimum Gasteiger partial charge on any atom is -0.493 e. The van der Waals surface area contributed by atoms with Gasteiger partial charge >= 0.3 is 5.97 Å². The number of esters is 1. The van der Waals surface area contributed by atoms with Crippen molar-refractivity contribution in [1.82, 2.24) is 10.3 Å². The van der Waals surface area contributed by atoms with Crippen LogP contribution in [0.25, 0.3) is 0 Å². The second kappa shape index (κ2) is 11.2. The van der Waals surface area contributed by atoms with Crippen molar-refractivity contribution in [1.29, 1.82) is 0 Å². The molecule has 7 heteroatoms. The fourth-order valence-corrected chi connectivity index (χ4v) is 4.84. The SMILES string of the molecule is C=C1NC(=O)[C@](Cc2ccc(OCCc3ccc(CC)cn3)cc2)(C(=O)OCc2ccccc2)S1. The summed E-state index contributed by atoms with van der Waals surface area (Å²) in [5, 5.41) is 3.10. The van der Waals surface area contributed by atoms with Crippen molar-refractivity contribution in [3.63, 3.8) is 0 Å². The van der Waals surface area contributed by atoms with E-state index in [1.54, 1.807) is 0 Å². The van der Waals surface area contributed by atoms with Gasteiger partial charge in [0.2, 0.25) is 4.75 Å². The standard InChI is InChI=1S/C28H28N2O4S/c1-3-21-9-12-24(29-18-21)15-16-33-25-13-10-22(11-14-25)17-28(26(31)30-20(2)35-28)27(32)34-19-23-7-5-4-6-8-23/h4-14,18H,2-3,15-17,19H2,1H3,(H,30,31)/t28-/m1/s1. The van der Waals surface area contributed by atoms with E-state index in [1.807, 2.05) is 66.9 Å². The molecule has 1 aliphatic rings. The fraction of sp³-hybridized carbons (Fsp3) is 0.250. The number of ether oxygens (including phenoxy) is 2. The normalized spacial score (nSPS) is 17.2. The third-order valence-electron chi connectivity index (χ3n) is 5.76. The number of thioether (sulfide) groups is 1. The van der Waals surface area contributed by atoms with E-state index in [2.05, 4.69) is 29.9 Å². The van der Waals surface area contributed by atoms with Crippen LogP contribution in [0.1, 0.15) is 29.3 Å². The van der Waals surface area contributed by atoms with Gasteiger partial charge in [-0.05, 0) is 41.3 Å². The van der Waals surface area contributed by atoms with Crippen molar-refractivity contribution in [2.24, 2.45) is 0 Å². The average Bonchev–Trinajstić information content (AvgIpc) is 3.18. The molecule has 0 spiro atoms. The maximum Gasteiger partial charge on any atom is 0.333 e. The molecule has 0 radical (unpaired) electrons. The number of hydrogen-bond donors (Lipinski definition) is 1. The number of pyridine rings is 1. The minimum absolute atomic E-state index is 0.102. The molecule has 0 bridgehead atoms. The van der Waals surface area contributed by atoms with Gasteiger partial charge in [-0.2, -0.15) is 0 Å². The Bertz CT molecular complexity index is 1180. The number of benzene rings is 2. The van der Waals surface area contributed by atoms with Crippen molar-refractivity contribution in [3.05, 3.63) is 107 Å². The number of hydrogen-bond acceptors (Lipinski definition) is 6. The predicted molar refractivity (Wildman–Crippen MR) is 137 cm³/mol. The lowest BCUT2D eigenvalue weighted by atomic mass is 9.97. The molecule has 180 valence electrons. The molecule has 1 aromatic heterocycles. The molecule has 1 aliphatic heterocycles. The highest BCUT2D eigenvalue weighted by Gasteiger charge is 2.53. The molecule has 1 saturated heterocycles. The first-order valence-electron chi connectivity index (χ1n) is 11.5. The Morgan fingerprint density at radius 2 is 1.77 bits per heavy atom. The van der Waals surface area contributed by atoms with E-state index < -0.39 is 16.6 Å². The predicted octanol–water partition coefficient (Wildman–Crippen LogP) is 4.62. The summed E-state index contributed by atoms with van der Waals surface area (Å²) in [6.07, 6.45) is 3.76. The number of aryl methyl sites for hydroxylation is 1. The molecule has 1 fully saturated rings. The van der Waals surface area contributed by atoms with Crippen LogP contribution in [0.3, 0.4) is 0 Å². The van der Waals surface area contributed by atoms with Crippen LogP contribution >= 0.6 is 11.8 Å².